The van der Waals surface area contributed by atoms with Crippen molar-refractivity contribution < 1.29 is 4.74 Å². The summed E-state index contributed by atoms with van der Waals surface area (Å²) >= 11 is 0. The van der Waals surface area contributed by atoms with E-state index in [2.05, 4.69) is 25.1 Å². The summed E-state index contributed by atoms with van der Waals surface area (Å²) in [6.45, 7) is 3.13. The molecule has 2 heteroatoms. The van der Waals surface area contributed by atoms with E-state index in [0.29, 0.717) is 11.8 Å². The van der Waals surface area contributed by atoms with Gasteiger partial charge in [-0.05, 0) is 30.7 Å². The van der Waals surface area contributed by atoms with E-state index in [1.807, 2.05) is 6.07 Å². The average molecular weight is 245 g/mol. The lowest BCUT2D eigenvalue weighted by Crippen LogP contribution is -2.38. The second-order valence-electron chi connectivity index (χ2n) is 6.05. The van der Waals surface area contributed by atoms with Crippen LogP contribution in [0.25, 0.3) is 0 Å². The van der Waals surface area contributed by atoms with Crippen molar-refractivity contribution in [2.45, 2.75) is 44.6 Å². The van der Waals surface area contributed by atoms with Gasteiger partial charge in [0.2, 0.25) is 0 Å². The van der Waals surface area contributed by atoms with Crippen molar-refractivity contribution in [1.82, 2.24) is 0 Å². The quantitative estimate of drug-likeness (QED) is 0.867. The van der Waals surface area contributed by atoms with Crippen LogP contribution in [0, 0.1) is 11.8 Å². The molecule has 0 radical (unpaired) electrons. The summed E-state index contributed by atoms with van der Waals surface area (Å²) in [6.07, 6.45) is 5.27. The number of benzene rings is 1. The van der Waals surface area contributed by atoms with Crippen molar-refractivity contribution in [2.24, 2.45) is 17.6 Å². The van der Waals surface area contributed by atoms with Gasteiger partial charge in [0, 0.05) is 17.5 Å². The third-order valence-corrected chi connectivity index (χ3v) is 4.81. The van der Waals surface area contributed by atoms with E-state index < -0.39 is 0 Å². The minimum absolute atomic E-state index is 0.265. The summed E-state index contributed by atoms with van der Waals surface area (Å²) in [7, 11) is 0. The summed E-state index contributed by atoms with van der Waals surface area (Å²) in [5.41, 5.74) is 7.86. The number of rotatable bonds is 2. The Hall–Kier alpha value is -1.02. The fourth-order valence-corrected chi connectivity index (χ4v) is 3.51. The van der Waals surface area contributed by atoms with E-state index in [1.54, 1.807) is 0 Å². The van der Waals surface area contributed by atoms with Crippen LogP contribution in [0.3, 0.4) is 0 Å². The fourth-order valence-electron chi connectivity index (χ4n) is 3.51. The number of fused-ring (bicyclic) bond motifs is 1. The van der Waals surface area contributed by atoms with E-state index in [4.69, 9.17) is 10.5 Å². The van der Waals surface area contributed by atoms with Gasteiger partial charge in [0.1, 0.15) is 5.75 Å². The molecule has 0 saturated heterocycles. The van der Waals surface area contributed by atoms with Crippen LogP contribution in [0.5, 0.6) is 5.75 Å². The highest BCUT2D eigenvalue weighted by atomic mass is 16.5. The molecule has 1 aromatic carbocycles. The van der Waals surface area contributed by atoms with Crippen LogP contribution < -0.4 is 10.5 Å². The topological polar surface area (TPSA) is 35.2 Å². The molecular weight excluding hydrogens is 222 g/mol. The molecule has 0 aromatic heterocycles. The van der Waals surface area contributed by atoms with Gasteiger partial charge in [-0.2, -0.15) is 0 Å². The molecule has 2 unspecified atom stereocenters. The van der Waals surface area contributed by atoms with Gasteiger partial charge in [0.25, 0.3) is 0 Å². The Kier molecular flexibility index (Phi) is 3.29. The molecule has 2 N–H and O–H groups in total. The van der Waals surface area contributed by atoms with Crippen LogP contribution in [-0.2, 0) is 0 Å². The molecular formula is C16H23NO. The molecule has 1 aromatic rings. The van der Waals surface area contributed by atoms with Crippen LogP contribution in [0.4, 0.5) is 0 Å². The summed E-state index contributed by atoms with van der Waals surface area (Å²) in [4.78, 5) is 0. The molecule has 0 spiro atoms. The smallest absolute Gasteiger partial charge is 0.122 e. The highest BCUT2D eigenvalue weighted by Gasteiger charge is 2.34. The van der Waals surface area contributed by atoms with Gasteiger partial charge >= 0.3 is 0 Å². The van der Waals surface area contributed by atoms with Crippen LogP contribution in [0.2, 0.25) is 0 Å². The van der Waals surface area contributed by atoms with Gasteiger partial charge in [0.05, 0.1) is 6.61 Å². The van der Waals surface area contributed by atoms with Crippen LogP contribution in [0.15, 0.2) is 24.3 Å². The lowest BCUT2D eigenvalue weighted by Gasteiger charge is -2.33. The predicted molar refractivity (Wildman–Crippen MR) is 73.8 cm³/mol. The molecule has 2 nitrogen and oxygen atoms in total. The maximum Gasteiger partial charge on any atom is 0.122 e. The molecule has 0 bridgehead atoms. The van der Waals surface area contributed by atoms with Crippen molar-refractivity contribution in [3.8, 4) is 5.75 Å². The Morgan fingerprint density at radius 2 is 1.89 bits per heavy atom. The van der Waals surface area contributed by atoms with Gasteiger partial charge in [0.15, 0.2) is 0 Å². The second kappa shape index (κ2) is 4.93. The van der Waals surface area contributed by atoms with Gasteiger partial charge in [-0.15, -0.1) is 0 Å². The van der Waals surface area contributed by atoms with Gasteiger partial charge in [-0.25, -0.2) is 0 Å². The van der Waals surface area contributed by atoms with E-state index in [-0.39, 0.29) is 6.04 Å². The van der Waals surface area contributed by atoms with Crippen molar-refractivity contribution in [3.05, 3.63) is 29.8 Å². The molecule has 18 heavy (non-hydrogen) atoms. The Bertz CT molecular complexity index is 409. The zero-order valence-corrected chi connectivity index (χ0v) is 11.1. The van der Waals surface area contributed by atoms with Crippen molar-refractivity contribution in [3.63, 3.8) is 0 Å². The van der Waals surface area contributed by atoms with Crippen molar-refractivity contribution >= 4 is 0 Å². The van der Waals surface area contributed by atoms with Crippen LogP contribution in [0.1, 0.15) is 44.1 Å². The zero-order chi connectivity index (χ0) is 12.5. The summed E-state index contributed by atoms with van der Waals surface area (Å²) in [5, 5.41) is 0. The molecule has 1 aliphatic carbocycles. The molecule has 98 valence electrons. The molecule has 2 atom stereocenters. The number of ether oxygens (including phenoxy) is 1. The fraction of sp³-hybridized carbons (Fsp3) is 0.625. The lowest BCUT2D eigenvalue weighted by atomic mass is 9.75. The molecule has 3 rings (SSSR count). The standard InChI is InChI=1S/C16H23NO/c1-11-6-8-12(9-7-11)16(17)14-10-18-15-5-3-2-4-13(14)15/h2-5,11-12,14,16H,6-10,17H2,1H3. The molecule has 1 fully saturated rings. The highest BCUT2D eigenvalue weighted by Crippen LogP contribution is 2.40. The van der Waals surface area contributed by atoms with E-state index in [0.717, 1.165) is 18.3 Å². The summed E-state index contributed by atoms with van der Waals surface area (Å²) in [6, 6.07) is 8.63. The van der Waals surface area contributed by atoms with Gasteiger partial charge in [-0.3, -0.25) is 0 Å². The third kappa shape index (κ3) is 2.14. The normalized spacial score (nSPS) is 32.7. The zero-order valence-electron chi connectivity index (χ0n) is 11.1. The molecule has 1 saturated carbocycles. The minimum atomic E-state index is 0.265. The SMILES string of the molecule is CC1CCC(C(N)C2COc3ccccc32)CC1. The molecule has 1 aliphatic heterocycles. The average Bonchev–Trinajstić information content (AvgIpc) is 2.82. The number of hydrogen-bond donors (Lipinski definition) is 1. The molecule has 1 heterocycles. The Morgan fingerprint density at radius 1 is 1.17 bits per heavy atom. The van der Waals surface area contributed by atoms with Crippen LogP contribution in [-0.4, -0.2) is 12.6 Å². The Morgan fingerprint density at radius 3 is 2.67 bits per heavy atom. The first-order valence-corrected chi connectivity index (χ1v) is 7.23. The minimum Gasteiger partial charge on any atom is -0.493 e. The van der Waals surface area contributed by atoms with Crippen molar-refractivity contribution in [1.29, 1.82) is 0 Å². The summed E-state index contributed by atoms with van der Waals surface area (Å²) in [5.74, 6) is 3.02. The van der Waals surface area contributed by atoms with Gasteiger partial charge < -0.3 is 10.5 Å². The van der Waals surface area contributed by atoms with Gasteiger partial charge in [-0.1, -0.05) is 38.0 Å². The maximum absolute atomic E-state index is 6.53. The number of nitrogens with two attached hydrogens (primary N) is 1. The molecule has 2 aliphatic rings. The molecule has 0 amide bonds. The third-order valence-electron chi connectivity index (χ3n) is 4.81. The maximum atomic E-state index is 6.53. The van der Waals surface area contributed by atoms with E-state index in [1.165, 1.54) is 31.2 Å². The first-order chi connectivity index (χ1) is 8.75. The largest absolute Gasteiger partial charge is 0.493 e. The highest BCUT2D eigenvalue weighted by molar-refractivity contribution is 5.40. The monoisotopic (exact) mass is 245 g/mol. The first kappa shape index (κ1) is 12.0. The number of para-hydroxylation sites is 1. The Balaban J connectivity index is 1.72. The van der Waals surface area contributed by atoms with E-state index >= 15 is 0 Å². The first-order valence-electron chi connectivity index (χ1n) is 7.23. The summed E-state index contributed by atoms with van der Waals surface area (Å²) < 4.78 is 5.76. The van der Waals surface area contributed by atoms with Crippen LogP contribution >= 0.6 is 0 Å². The number of hydrogen-bond acceptors (Lipinski definition) is 2. The van der Waals surface area contributed by atoms with Crippen molar-refractivity contribution in [2.75, 3.05) is 6.61 Å². The van der Waals surface area contributed by atoms with E-state index in [9.17, 15) is 0 Å². The Labute approximate surface area is 110 Å². The predicted octanol–water partition coefficient (Wildman–Crippen LogP) is 3.32. The lowest BCUT2D eigenvalue weighted by molar-refractivity contribution is 0.217. The second-order valence-corrected chi connectivity index (χ2v) is 6.05.